The fourth-order valence-corrected chi connectivity index (χ4v) is 1.52. The van der Waals surface area contributed by atoms with Gasteiger partial charge in [-0.1, -0.05) is 33.1 Å². The predicted octanol–water partition coefficient (Wildman–Crippen LogP) is 2.87. The maximum Gasteiger partial charge on any atom is 0.217 e. The first-order valence-electron chi connectivity index (χ1n) is 5.33. The van der Waals surface area contributed by atoms with Crippen LogP contribution in [0.1, 0.15) is 59.8 Å². The molecule has 2 heteroatoms. The van der Waals surface area contributed by atoms with Crippen molar-refractivity contribution in [1.82, 2.24) is 5.32 Å². The lowest BCUT2D eigenvalue weighted by Crippen LogP contribution is -2.44. The first kappa shape index (κ1) is 12.5. The molecule has 78 valence electrons. The van der Waals surface area contributed by atoms with Gasteiger partial charge in [-0.25, -0.2) is 0 Å². The van der Waals surface area contributed by atoms with E-state index < -0.39 is 0 Å². The molecule has 13 heavy (non-hydrogen) atoms. The number of hydrogen-bond acceptors (Lipinski definition) is 1. The zero-order chi connectivity index (χ0) is 10.3. The summed E-state index contributed by atoms with van der Waals surface area (Å²) in [7, 11) is 0. The highest BCUT2D eigenvalue weighted by Gasteiger charge is 2.21. The highest BCUT2D eigenvalue weighted by molar-refractivity contribution is 5.73. The van der Waals surface area contributed by atoms with Crippen molar-refractivity contribution in [2.24, 2.45) is 0 Å². The van der Waals surface area contributed by atoms with Gasteiger partial charge in [0.25, 0.3) is 0 Å². The molecule has 0 spiro atoms. The van der Waals surface area contributed by atoms with Crippen LogP contribution in [0, 0.1) is 0 Å². The Morgan fingerprint density at radius 2 is 1.92 bits per heavy atom. The summed E-state index contributed by atoms with van der Waals surface area (Å²) >= 11 is 0. The fraction of sp³-hybridized carbons (Fsp3) is 0.909. The predicted molar refractivity (Wildman–Crippen MR) is 56.7 cm³/mol. The minimum Gasteiger partial charge on any atom is -0.351 e. The van der Waals surface area contributed by atoms with E-state index in [1.54, 1.807) is 6.92 Å². The van der Waals surface area contributed by atoms with Crippen LogP contribution < -0.4 is 5.32 Å². The number of amides is 1. The lowest BCUT2D eigenvalue weighted by molar-refractivity contribution is -0.120. The zero-order valence-corrected chi connectivity index (χ0v) is 9.44. The summed E-state index contributed by atoms with van der Waals surface area (Å²) in [6.07, 6.45) is 5.81. The van der Waals surface area contributed by atoms with Crippen LogP contribution in [-0.2, 0) is 4.79 Å². The number of unbranched alkanes of at least 4 members (excludes halogenated alkanes) is 2. The summed E-state index contributed by atoms with van der Waals surface area (Å²) in [5.74, 6) is 0.0841. The van der Waals surface area contributed by atoms with E-state index in [1.807, 2.05) is 0 Å². The number of carbonyl (C=O) groups excluding carboxylic acids is 1. The Labute approximate surface area is 82.1 Å². The summed E-state index contributed by atoms with van der Waals surface area (Å²) in [5.41, 5.74) is 0.0149. The van der Waals surface area contributed by atoms with E-state index in [9.17, 15) is 4.79 Å². The molecule has 0 saturated heterocycles. The molecule has 0 heterocycles. The van der Waals surface area contributed by atoms with E-state index >= 15 is 0 Å². The Kier molecular flexibility index (Phi) is 5.76. The lowest BCUT2D eigenvalue weighted by atomic mass is 9.91. The standard InChI is InChI=1S/C11H23NO/c1-5-7-8-9-11(4,6-2)12-10(3)13/h5-9H2,1-4H3,(H,12,13)/t11-/m1/s1. The number of rotatable bonds is 6. The van der Waals surface area contributed by atoms with Crippen molar-refractivity contribution in [2.45, 2.75) is 65.3 Å². The van der Waals surface area contributed by atoms with Gasteiger partial charge in [0.05, 0.1) is 0 Å². The van der Waals surface area contributed by atoms with E-state index in [0.717, 1.165) is 12.8 Å². The summed E-state index contributed by atoms with van der Waals surface area (Å²) in [6, 6.07) is 0. The SMILES string of the molecule is CCCCC[C@@](C)(CC)NC(C)=O. The normalized spacial score (nSPS) is 15.1. The molecule has 0 aliphatic carbocycles. The second-order valence-corrected chi connectivity index (χ2v) is 4.05. The molecule has 0 unspecified atom stereocenters. The molecular formula is C11H23NO. The van der Waals surface area contributed by atoms with Gasteiger partial charge in [-0.15, -0.1) is 0 Å². The lowest BCUT2D eigenvalue weighted by Gasteiger charge is -2.29. The number of nitrogens with one attached hydrogen (secondary N) is 1. The van der Waals surface area contributed by atoms with Gasteiger partial charge in [-0.05, 0) is 19.8 Å². The van der Waals surface area contributed by atoms with Crippen molar-refractivity contribution in [3.8, 4) is 0 Å². The van der Waals surface area contributed by atoms with Crippen LogP contribution in [0.15, 0.2) is 0 Å². The van der Waals surface area contributed by atoms with Crippen molar-refractivity contribution in [1.29, 1.82) is 0 Å². The van der Waals surface area contributed by atoms with Gasteiger partial charge in [0.15, 0.2) is 0 Å². The third-order valence-corrected chi connectivity index (χ3v) is 2.59. The first-order chi connectivity index (χ1) is 6.04. The van der Waals surface area contributed by atoms with Crippen LogP contribution >= 0.6 is 0 Å². The van der Waals surface area contributed by atoms with Crippen molar-refractivity contribution >= 4 is 5.91 Å². The molecule has 0 saturated carbocycles. The van der Waals surface area contributed by atoms with Crippen LogP contribution in [0.3, 0.4) is 0 Å². The van der Waals surface area contributed by atoms with E-state index in [1.165, 1.54) is 19.3 Å². The van der Waals surface area contributed by atoms with E-state index in [-0.39, 0.29) is 11.4 Å². The first-order valence-corrected chi connectivity index (χ1v) is 5.33. The van der Waals surface area contributed by atoms with Gasteiger partial charge >= 0.3 is 0 Å². The van der Waals surface area contributed by atoms with Crippen molar-refractivity contribution in [2.75, 3.05) is 0 Å². The van der Waals surface area contributed by atoms with Gasteiger partial charge in [0, 0.05) is 12.5 Å². The van der Waals surface area contributed by atoms with Crippen LogP contribution in [0.25, 0.3) is 0 Å². The Hall–Kier alpha value is -0.530. The monoisotopic (exact) mass is 185 g/mol. The van der Waals surface area contributed by atoms with Crippen LogP contribution in [-0.4, -0.2) is 11.4 Å². The van der Waals surface area contributed by atoms with Gasteiger partial charge in [0.1, 0.15) is 0 Å². The highest BCUT2D eigenvalue weighted by atomic mass is 16.1. The van der Waals surface area contributed by atoms with E-state index in [2.05, 4.69) is 26.1 Å². The molecule has 1 N–H and O–H groups in total. The number of hydrogen-bond donors (Lipinski definition) is 1. The van der Waals surface area contributed by atoms with Crippen LogP contribution in [0.4, 0.5) is 0 Å². The Bertz CT molecular complexity index is 156. The molecule has 0 aromatic carbocycles. The molecule has 1 atom stereocenters. The second kappa shape index (κ2) is 6.01. The number of carbonyl (C=O) groups is 1. The summed E-state index contributed by atoms with van der Waals surface area (Å²) in [5, 5.41) is 3.03. The van der Waals surface area contributed by atoms with E-state index in [4.69, 9.17) is 0 Å². The van der Waals surface area contributed by atoms with Crippen LogP contribution in [0.5, 0.6) is 0 Å². The molecule has 1 amide bonds. The molecule has 2 nitrogen and oxygen atoms in total. The molecular weight excluding hydrogens is 162 g/mol. The summed E-state index contributed by atoms with van der Waals surface area (Å²) in [4.78, 5) is 10.9. The molecule has 0 bridgehead atoms. The van der Waals surface area contributed by atoms with Gasteiger partial charge in [-0.2, -0.15) is 0 Å². The molecule has 0 aromatic rings. The van der Waals surface area contributed by atoms with Crippen molar-refractivity contribution < 1.29 is 4.79 Å². The molecule has 0 aliphatic rings. The van der Waals surface area contributed by atoms with Gasteiger partial charge in [0.2, 0.25) is 5.91 Å². The van der Waals surface area contributed by atoms with E-state index in [0.29, 0.717) is 0 Å². The van der Waals surface area contributed by atoms with Crippen molar-refractivity contribution in [3.05, 3.63) is 0 Å². The van der Waals surface area contributed by atoms with Crippen molar-refractivity contribution in [3.63, 3.8) is 0 Å². The summed E-state index contributed by atoms with van der Waals surface area (Å²) < 4.78 is 0. The Balaban J connectivity index is 3.88. The maximum atomic E-state index is 10.9. The average molecular weight is 185 g/mol. The smallest absolute Gasteiger partial charge is 0.217 e. The quantitative estimate of drug-likeness (QED) is 0.633. The molecule has 0 aliphatic heterocycles. The van der Waals surface area contributed by atoms with Gasteiger partial charge in [-0.3, -0.25) is 4.79 Å². The average Bonchev–Trinajstić information content (AvgIpc) is 2.04. The fourth-order valence-electron chi connectivity index (χ4n) is 1.52. The molecule has 0 fully saturated rings. The molecule has 0 rings (SSSR count). The topological polar surface area (TPSA) is 29.1 Å². The maximum absolute atomic E-state index is 10.9. The molecule has 0 aromatic heterocycles. The zero-order valence-electron chi connectivity index (χ0n) is 9.44. The highest BCUT2D eigenvalue weighted by Crippen LogP contribution is 2.18. The Morgan fingerprint density at radius 1 is 1.31 bits per heavy atom. The van der Waals surface area contributed by atoms with Gasteiger partial charge < -0.3 is 5.32 Å². The minimum absolute atomic E-state index is 0.0149. The summed E-state index contributed by atoms with van der Waals surface area (Å²) in [6.45, 7) is 8.04. The Morgan fingerprint density at radius 3 is 2.31 bits per heavy atom. The van der Waals surface area contributed by atoms with Crippen LogP contribution in [0.2, 0.25) is 0 Å². The molecule has 0 radical (unpaired) electrons. The second-order valence-electron chi connectivity index (χ2n) is 4.05. The third kappa shape index (κ3) is 5.67. The third-order valence-electron chi connectivity index (χ3n) is 2.59. The largest absolute Gasteiger partial charge is 0.351 e. The minimum atomic E-state index is 0.0149.